The SMILES string of the molecule is Cc1noc(C)c1C(C)NCC1CN(C)CCO1. The Morgan fingerprint density at radius 1 is 1.50 bits per heavy atom. The maximum absolute atomic E-state index is 5.73. The molecule has 2 heterocycles. The predicted octanol–water partition coefficient (Wildman–Crippen LogP) is 1.27. The Kier molecular flexibility index (Phi) is 4.37. The second kappa shape index (κ2) is 5.82. The highest BCUT2D eigenvalue weighted by Gasteiger charge is 2.20. The van der Waals surface area contributed by atoms with Gasteiger partial charge in [-0.2, -0.15) is 0 Å². The fraction of sp³-hybridized carbons (Fsp3) is 0.769. The van der Waals surface area contributed by atoms with Crippen molar-refractivity contribution in [2.24, 2.45) is 0 Å². The van der Waals surface area contributed by atoms with Gasteiger partial charge < -0.3 is 19.5 Å². The molecule has 1 N–H and O–H groups in total. The van der Waals surface area contributed by atoms with Crippen molar-refractivity contribution in [3.8, 4) is 0 Å². The van der Waals surface area contributed by atoms with E-state index in [9.17, 15) is 0 Å². The van der Waals surface area contributed by atoms with Crippen molar-refractivity contribution >= 4 is 0 Å². The fourth-order valence-electron chi connectivity index (χ4n) is 2.51. The van der Waals surface area contributed by atoms with Gasteiger partial charge in [0.15, 0.2) is 0 Å². The van der Waals surface area contributed by atoms with Crippen LogP contribution in [0.25, 0.3) is 0 Å². The molecule has 0 radical (unpaired) electrons. The first-order valence-electron chi connectivity index (χ1n) is 6.54. The predicted molar refractivity (Wildman–Crippen MR) is 69.6 cm³/mol. The number of ether oxygens (including phenoxy) is 1. The van der Waals surface area contributed by atoms with E-state index >= 15 is 0 Å². The van der Waals surface area contributed by atoms with Crippen molar-refractivity contribution in [2.45, 2.75) is 32.9 Å². The molecule has 2 unspecified atom stereocenters. The van der Waals surface area contributed by atoms with E-state index in [2.05, 4.69) is 29.3 Å². The van der Waals surface area contributed by atoms with Crippen molar-refractivity contribution in [1.82, 2.24) is 15.4 Å². The van der Waals surface area contributed by atoms with Crippen LogP contribution in [0.2, 0.25) is 0 Å². The molecule has 1 aliphatic heterocycles. The summed E-state index contributed by atoms with van der Waals surface area (Å²) in [5, 5.41) is 7.49. The number of hydrogen-bond donors (Lipinski definition) is 1. The Hall–Kier alpha value is -0.910. The minimum Gasteiger partial charge on any atom is -0.374 e. The second-order valence-corrected chi connectivity index (χ2v) is 5.12. The molecule has 1 fully saturated rings. The van der Waals surface area contributed by atoms with Crippen LogP contribution in [0, 0.1) is 13.8 Å². The van der Waals surface area contributed by atoms with Crippen molar-refractivity contribution in [2.75, 3.05) is 33.3 Å². The van der Waals surface area contributed by atoms with Gasteiger partial charge in [-0.3, -0.25) is 0 Å². The first-order chi connectivity index (χ1) is 8.58. The highest BCUT2D eigenvalue weighted by molar-refractivity contribution is 5.24. The number of rotatable bonds is 4. The minimum atomic E-state index is 0.243. The number of aromatic nitrogens is 1. The van der Waals surface area contributed by atoms with Crippen LogP contribution < -0.4 is 5.32 Å². The molecule has 0 bridgehead atoms. The smallest absolute Gasteiger partial charge is 0.138 e. The van der Waals surface area contributed by atoms with E-state index in [4.69, 9.17) is 9.26 Å². The van der Waals surface area contributed by atoms with Crippen LogP contribution in [-0.2, 0) is 4.74 Å². The molecule has 5 heteroatoms. The van der Waals surface area contributed by atoms with Crippen molar-refractivity contribution in [3.05, 3.63) is 17.0 Å². The van der Waals surface area contributed by atoms with Gasteiger partial charge >= 0.3 is 0 Å². The van der Waals surface area contributed by atoms with E-state index in [-0.39, 0.29) is 12.1 Å². The van der Waals surface area contributed by atoms with E-state index in [1.165, 1.54) is 5.56 Å². The maximum atomic E-state index is 5.73. The molecule has 1 saturated heterocycles. The Labute approximate surface area is 108 Å². The molecule has 1 aromatic heterocycles. The largest absolute Gasteiger partial charge is 0.374 e. The highest BCUT2D eigenvalue weighted by atomic mass is 16.5. The Bertz CT molecular complexity index is 372. The zero-order valence-corrected chi connectivity index (χ0v) is 11.7. The third-order valence-corrected chi connectivity index (χ3v) is 3.52. The average Bonchev–Trinajstić information content (AvgIpc) is 2.66. The lowest BCUT2D eigenvalue weighted by Gasteiger charge is -2.31. The standard InChI is InChI=1S/C13H23N3O2/c1-9(13-10(2)15-18-11(13)3)14-7-12-8-16(4)5-6-17-12/h9,12,14H,5-8H2,1-4H3. The lowest BCUT2D eigenvalue weighted by molar-refractivity contribution is -0.0191. The molecule has 1 aromatic rings. The van der Waals surface area contributed by atoms with Gasteiger partial charge in [-0.15, -0.1) is 0 Å². The van der Waals surface area contributed by atoms with Crippen molar-refractivity contribution < 1.29 is 9.26 Å². The van der Waals surface area contributed by atoms with E-state index in [0.29, 0.717) is 0 Å². The number of nitrogens with one attached hydrogen (secondary N) is 1. The molecule has 5 nitrogen and oxygen atoms in total. The molecule has 2 rings (SSSR count). The van der Waals surface area contributed by atoms with Gasteiger partial charge in [0.1, 0.15) is 5.76 Å². The molecular formula is C13H23N3O2. The summed E-state index contributed by atoms with van der Waals surface area (Å²) in [6.45, 7) is 9.77. The van der Waals surface area contributed by atoms with E-state index in [1.807, 2.05) is 13.8 Å². The van der Waals surface area contributed by atoms with Gasteiger partial charge in [-0.25, -0.2) is 0 Å². The average molecular weight is 253 g/mol. The van der Waals surface area contributed by atoms with Crippen LogP contribution in [0.3, 0.4) is 0 Å². The maximum Gasteiger partial charge on any atom is 0.138 e. The molecule has 2 atom stereocenters. The fourth-order valence-corrected chi connectivity index (χ4v) is 2.51. The van der Waals surface area contributed by atoms with Gasteiger partial charge in [-0.1, -0.05) is 5.16 Å². The van der Waals surface area contributed by atoms with E-state index in [0.717, 1.165) is 37.7 Å². The lowest BCUT2D eigenvalue weighted by atomic mass is 10.1. The summed E-state index contributed by atoms with van der Waals surface area (Å²) in [6, 6.07) is 0.243. The zero-order chi connectivity index (χ0) is 13.1. The number of nitrogens with zero attached hydrogens (tertiary/aromatic N) is 2. The summed E-state index contributed by atoms with van der Waals surface area (Å²) in [5.41, 5.74) is 2.13. The molecule has 0 aromatic carbocycles. The van der Waals surface area contributed by atoms with Crippen LogP contribution in [0.4, 0.5) is 0 Å². The molecule has 1 aliphatic rings. The van der Waals surface area contributed by atoms with Gasteiger partial charge in [0, 0.05) is 31.2 Å². The molecule has 18 heavy (non-hydrogen) atoms. The number of likely N-dealkylation sites (N-methyl/N-ethyl adjacent to an activating group) is 1. The lowest BCUT2D eigenvalue weighted by Crippen LogP contribution is -2.45. The number of aryl methyl sites for hydroxylation is 2. The van der Waals surface area contributed by atoms with Gasteiger partial charge in [-0.05, 0) is 27.8 Å². The summed E-state index contributed by atoms with van der Waals surface area (Å²) in [6.07, 6.45) is 0.270. The molecule has 0 aliphatic carbocycles. The first-order valence-corrected chi connectivity index (χ1v) is 6.54. The molecule has 0 saturated carbocycles. The Balaban J connectivity index is 1.86. The quantitative estimate of drug-likeness (QED) is 0.876. The van der Waals surface area contributed by atoms with Crippen molar-refractivity contribution in [1.29, 1.82) is 0 Å². The topological polar surface area (TPSA) is 50.5 Å². The normalized spacial score (nSPS) is 23.2. The molecule has 0 spiro atoms. The van der Waals surface area contributed by atoms with E-state index in [1.54, 1.807) is 0 Å². The third-order valence-electron chi connectivity index (χ3n) is 3.52. The summed E-state index contributed by atoms with van der Waals surface area (Å²) in [4.78, 5) is 2.30. The van der Waals surface area contributed by atoms with Crippen LogP contribution >= 0.6 is 0 Å². The summed E-state index contributed by atoms with van der Waals surface area (Å²) in [7, 11) is 2.13. The first kappa shape index (κ1) is 13.5. The number of hydrogen-bond acceptors (Lipinski definition) is 5. The van der Waals surface area contributed by atoms with Crippen LogP contribution in [0.1, 0.15) is 30.0 Å². The van der Waals surface area contributed by atoms with Crippen LogP contribution in [-0.4, -0.2) is 49.4 Å². The molecular weight excluding hydrogens is 230 g/mol. The molecule has 102 valence electrons. The zero-order valence-electron chi connectivity index (χ0n) is 11.7. The van der Waals surface area contributed by atoms with Gasteiger partial charge in [0.05, 0.1) is 18.4 Å². The molecule has 0 amide bonds. The summed E-state index contributed by atoms with van der Waals surface area (Å²) >= 11 is 0. The summed E-state index contributed by atoms with van der Waals surface area (Å²) in [5.74, 6) is 0.897. The van der Waals surface area contributed by atoms with Gasteiger partial charge in [0.25, 0.3) is 0 Å². The van der Waals surface area contributed by atoms with Gasteiger partial charge in [0.2, 0.25) is 0 Å². The second-order valence-electron chi connectivity index (χ2n) is 5.12. The Morgan fingerprint density at radius 3 is 2.89 bits per heavy atom. The Morgan fingerprint density at radius 2 is 2.28 bits per heavy atom. The monoisotopic (exact) mass is 253 g/mol. The number of morpholine rings is 1. The van der Waals surface area contributed by atoms with Crippen molar-refractivity contribution in [3.63, 3.8) is 0 Å². The van der Waals surface area contributed by atoms with Crippen LogP contribution in [0.5, 0.6) is 0 Å². The van der Waals surface area contributed by atoms with E-state index < -0.39 is 0 Å². The third kappa shape index (κ3) is 3.10. The minimum absolute atomic E-state index is 0.243. The summed E-state index contributed by atoms with van der Waals surface area (Å²) < 4.78 is 10.9. The highest BCUT2D eigenvalue weighted by Crippen LogP contribution is 2.20. The van der Waals surface area contributed by atoms with Crippen LogP contribution in [0.15, 0.2) is 4.52 Å².